The topological polar surface area (TPSA) is 92.6 Å². The molecule has 0 atom stereocenters. The molecule has 1 heterocycles. The van der Waals surface area contributed by atoms with Crippen LogP contribution in [0.5, 0.6) is 0 Å². The Labute approximate surface area is 143 Å². The van der Waals surface area contributed by atoms with Crippen LogP contribution in [0.1, 0.15) is 32.6 Å². The van der Waals surface area contributed by atoms with E-state index in [-0.39, 0.29) is 22.3 Å². The average Bonchev–Trinajstić information content (AvgIpc) is 2.53. The summed E-state index contributed by atoms with van der Waals surface area (Å²) in [6.45, 7) is 5.17. The Morgan fingerprint density at radius 3 is 2.54 bits per heavy atom. The average molecular weight is 355 g/mol. The maximum Gasteiger partial charge on any atom is 0.310 e. The van der Waals surface area contributed by atoms with Crippen LogP contribution in [0.2, 0.25) is 0 Å². The van der Waals surface area contributed by atoms with Crippen molar-refractivity contribution in [2.24, 2.45) is 0 Å². The fraction of sp³-hybridized carbons (Fsp3) is 0.625. The molecule has 8 heteroatoms. The summed E-state index contributed by atoms with van der Waals surface area (Å²) in [5.74, 6) is 0. The molecule has 0 aromatic heterocycles. The van der Waals surface area contributed by atoms with Crippen LogP contribution in [0.15, 0.2) is 23.1 Å². The fourth-order valence-electron chi connectivity index (χ4n) is 3.03. The van der Waals surface area contributed by atoms with E-state index < -0.39 is 14.8 Å². The van der Waals surface area contributed by atoms with Gasteiger partial charge in [-0.3, -0.25) is 10.1 Å². The van der Waals surface area contributed by atoms with Crippen LogP contribution in [0.25, 0.3) is 0 Å². The monoisotopic (exact) mass is 355 g/mol. The molecule has 7 nitrogen and oxygen atoms in total. The van der Waals surface area contributed by atoms with E-state index in [1.807, 2.05) is 0 Å². The lowest BCUT2D eigenvalue weighted by Crippen LogP contribution is -2.39. The first-order valence-corrected chi connectivity index (χ1v) is 10.2. The van der Waals surface area contributed by atoms with Gasteiger partial charge in [-0.25, -0.2) is 8.42 Å². The van der Waals surface area contributed by atoms with Crippen molar-refractivity contribution in [3.8, 4) is 0 Å². The number of hydrogen-bond donors (Lipinski definition) is 1. The molecule has 2 rings (SSSR count). The molecule has 1 N–H and O–H groups in total. The zero-order valence-electron chi connectivity index (χ0n) is 14.2. The number of nitro benzene ring substituents is 1. The summed E-state index contributed by atoms with van der Waals surface area (Å²) in [4.78, 5) is 12.9. The smallest absolute Gasteiger partial charge is 0.310 e. The first kappa shape index (κ1) is 18.7. The lowest BCUT2D eigenvalue weighted by atomic mass is 10.0. The minimum atomic E-state index is -3.65. The van der Waals surface area contributed by atoms with Gasteiger partial charge in [0.1, 0.15) is 10.6 Å². The summed E-state index contributed by atoms with van der Waals surface area (Å²) in [6, 6.07) is 4.53. The van der Waals surface area contributed by atoms with Crippen LogP contribution in [-0.2, 0) is 9.84 Å². The van der Waals surface area contributed by atoms with E-state index in [1.165, 1.54) is 18.9 Å². The highest BCUT2D eigenvalue weighted by molar-refractivity contribution is 7.90. The van der Waals surface area contributed by atoms with Gasteiger partial charge in [0.15, 0.2) is 9.84 Å². The van der Waals surface area contributed by atoms with E-state index in [1.54, 1.807) is 12.1 Å². The number of para-hydroxylation sites is 1. The van der Waals surface area contributed by atoms with Crippen molar-refractivity contribution >= 4 is 21.2 Å². The zero-order valence-corrected chi connectivity index (χ0v) is 15.0. The Hall–Kier alpha value is -1.67. The van der Waals surface area contributed by atoms with Gasteiger partial charge in [-0.05, 0) is 37.9 Å². The molecule has 0 bridgehead atoms. The molecule has 0 unspecified atom stereocenters. The number of rotatable bonds is 7. The maximum atomic E-state index is 11.8. The second kappa shape index (κ2) is 7.94. The molecule has 0 aliphatic carbocycles. The first-order valence-electron chi connectivity index (χ1n) is 8.29. The lowest BCUT2D eigenvalue weighted by molar-refractivity contribution is -0.386. The van der Waals surface area contributed by atoms with Gasteiger partial charge in [0.25, 0.3) is 0 Å². The quantitative estimate of drug-likeness (QED) is 0.597. The van der Waals surface area contributed by atoms with E-state index in [0.29, 0.717) is 0 Å². The van der Waals surface area contributed by atoms with Crippen LogP contribution >= 0.6 is 0 Å². The zero-order chi connectivity index (χ0) is 17.7. The minimum Gasteiger partial charge on any atom is -0.377 e. The molecular formula is C16H25N3O4S. The van der Waals surface area contributed by atoms with Gasteiger partial charge in [0, 0.05) is 25.4 Å². The van der Waals surface area contributed by atoms with Crippen molar-refractivity contribution in [1.29, 1.82) is 0 Å². The molecule has 24 heavy (non-hydrogen) atoms. The van der Waals surface area contributed by atoms with Crippen molar-refractivity contribution in [2.45, 2.75) is 43.5 Å². The summed E-state index contributed by atoms with van der Waals surface area (Å²) in [6.07, 6.45) is 5.13. The number of nitrogens with one attached hydrogen (secondary N) is 1. The summed E-state index contributed by atoms with van der Waals surface area (Å²) >= 11 is 0. The molecule has 1 saturated heterocycles. The van der Waals surface area contributed by atoms with E-state index in [4.69, 9.17) is 0 Å². The third-order valence-corrected chi connectivity index (χ3v) is 5.48. The molecule has 0 spiro atoms. The number of sulfone groups is 1. The number of hydrogen-bond acceptors (Lipinski definition) is 6. The second-order valence-corrected chi connectivity index (χ2v) is 8.28. The van der Waals surface area contributed by atoms with Gasteiger partial charge in [-0.2, -0.15) is 0 Å². The highest BCUT2D eigenvalue weighted by atomic mass is 32.2. The van der Waals surface area contributed by atoms with Gasteiger partial charge in [-0.15, -0.1) is 0 Å². The number of unbranched alkanes of at least 4 members (excludes halogenated alkanes) is 1. The molecule has 1 aliphatic rings. The summed E-state index contributed by atoms with van der Waals surface area (Å²) in [7, 11) is -3.65. The number of anilines is 1. The van der Waals surface area contributed by atoms with Crippen molar-refractivity contribution in [3.05, 3.63) is 28.3 Å². The predicted molar refractivity (Wildman–Crippen MR) is 94.2 cm³/mol. The Morgan fingerprint density at radius 1 is 1.33 bits per heavy atom. The maximum absolute atomic E-state index is 11.8. The van der Waals surface area contributed by atoms with Gasteiger partial charge < -0.3 is 10.2 Å². The van der Waals surface area contributed by atoms with Gasteiger partial charge in [-0.1, -0.05) is 19.4 Å². The SMILES string of the molecule is CCCCN1CCC(Nc2cccc(S(C)(=O)=O)c2[N+](=O)[O-])CC1. The number of piperidine rings is 1. The Morgan fingerprint density at radius 2 is 2.00 bits per heavy atom. The molecule has 1 aromatic rings. The molecule has 1 aliphatic heterocycles. The molecule has 0 amide bonds. The van der Waals surface area contributed by atoms with Gasteiger partial charge in [0.05, 0.1) is 4.92 Å². The van der Waals surface area contributed by atoms with E-state index >= 15 is 0 Å². The Balaban J connectivity index is 2.12. The molecule has 1 aromatic carbocycles. The summed E-state index contributed by atoms with van der Waals surface area (Å²) < 4.78 is 23.6. The van der Waals surface area contributed by atoms with Crippen LogP contribution < -0.4 is 5.32 Å². The number of nitro groups is 1. The molecule has 0 radical (unpaired) electrons. The fourth-order valence-corrected chi connectivity index (χ4v) is 3.89. The standard InChI is InChI=1S/C16H25N3O4S/c1-3-4-10-18-11-8-13(9-12-18)17-14-6-5-7-15(24(2,22)23)16(14)19(20)21/h5-7,13,17H,3-4,8-12H2,1-2H3. The Bertz CT molecular complexity index is 683. The van der Waals surface area contributed by atoms with Crippen LogP contribution in [-0.4, -0.2) is 50.2 Å². The van der Waals surface area contributed by atoms with Crippen LogP contribution in [0, 0.1) is 10.1 Å². The Kier molecular flexibility index (Phi) is 6.17. The minimum absolute atomic E-state index is 0.122. The second-order valence-electron chi connectivity index (χ2n) is 6.30. The largest absolute Gasteiger partial charge is 0.377 e. The summed E-state index contributed by atoms with van der Waals surface area (Å²) in [5.41, 5.74) is -0.0663. The van der Waals surface area contributed by atoms with E-state index in [9.17, 15) is 18.5 Å². The summed E-state index contributed by atoms with van der Waals surface area (Å²) in [5, 5.41) is 14.6. The van der Waals surface area contributed by atoms with E-state index in [0.717, 1.165) is 38.7 Å². The van der Waals surface area contributed by atoms with Gasteiger partial charge >= 0.3 is 5.69 Å². The van der Waals surface area contributed by atoms with Crippen molar-refractivity contribution in [1.82, 2.24) is 4.90 Å². The van der Waals surface area contributed by atoms with Crippen molar-refractivity contribution in [2.75, 3.05) is 31.2 Å². The number of nitrogens with zero attached hydrogens (tertiary/aromatic N) is 2. The highest BCUT2D eigenvalue weighted by Crippen LogP contribution is 2.33. The highest BCUT2D eigenvalue weighted by Gasteiger charge is 2.28. The predicted octanol–water partition coefficient (Wildman–Crippen LogP) is 2.67. The van der Waals surface area contributed by atoms with Crippen LogP contribution in [0.3, 0.4) is 0 Å². The third kappa shape index (κ3) is 4.67. The van der Waals surface area contributed by atoms with Crippen LogP contribution in [0.4, 0.5) is 11.4 Å². The third-order valence-electron chi connectivity index (χ3n) is 4.36. The van der Waals surface area contributed by atoms with Crippen molar-refractivity contribution in [3.63, 3.8) is 0 Å². The lowest BCUT2D eigenvalue weighted by Gasteiger charge is -2.32. The molecular weight excluding hydrogens is 330 g/mol. The first-order chi connectivity index (χ1) is 11.3. The van der Waals surface area contributed by atoms with E-state index in [2.05, 4.69) is 17.1 Å². The molecule has 1 fully saturated rings. The van der Waals surface area contributed by atoms with Crippen molar-refractivity contribution < 1.29 is 13.3 Å². The normalized spacial score (nSPS) is 16.9. The number of likely N-dealkylation sites (tertiary alicyclic amines) is 1. The molecule has 0 saturated carbocycles. The van der Waals surface area contributed by atoms with Gasteiger partial charge in [0.2, 0.25) is 0 Å². The number of benzene rings is 1. The molecule has 134 valence electrons.